The molecule has 2 aromatic carbocycles. The number of para-hydroxylation sites is 1. The van der Waals surface area contributed by atoms with Crippen LogP contribution in [0.1, 0.15) is 35.4 Å². The first kappa shape index (κ1) is 21.4. The second-order valence-electron chi connectivity index (χ2n) is 8.58. The molecule has 5 rings (SSSR count). The van der Waals surface area contributed by atoms with Gasteiger partial charge in [0.2, 0.25) is 0 Å². The number of rotatable bonds is 5. The molecule has 0 bridgehead atoms. The lowest BCUT2D eigenvalue weighted by atomic mass is 9.96. The molecule has 0 spiro atoms. The van der Waals surface area contributed by atoms with Crippen molar-refractivity contribution in [3.63, 3.8) is 0 Å². The fourth-order valence-electron chi connectivity index (χ4n) is 4.18. The standard InChI is InChI=1S/C26H26N2O2S2/c1-16(2)21-13-19-22(14-30-21)32-24-23(19)25(29)28(20-12-8-7-9-17(20)3)26(27-24)31-15-18-10-5-4-6-11-18/h4-12,16,21H,13-15H2,1-3H3/t21-/m0/s1. The van der Waals surface area contributed by atoms with Crippen LogP contribution >= 0.6 is 23.1 Å². The molecule has 4 aromatic rings. The maximum atomic E-state index is 14.0. The highest BCUT2D eigenvalue weighted by molar-refractivity contribution is 7.98. The summed E-state index contributed by atoms with van der Waals surface area (Å²) in [6, 6.07) is 18.4. The smallest absolute Gasteiger partial charge is 0.267 e. The van der Waals surface area contributed by atoms with Gasteiger partial charge in [-0.3, -0.25) is 9.36 Å². The Balaban J connectivity index is 1.68. The van der Waals surface area contributed by atoms with Gasteiger partial charge in [0.05, 0.1) is 23.8 Å². The lowest BCUT2D eigenvalue weighted by molar-refractivity contribution is 0.00200. The quantitative estimate of drug-likeness (QED) is 0.264. The minimum Gasteiger partial charge on any atom is -0.372 e. The van der Waals surface area contributed by atoms with E-state index in [0.717, 1.165) is 49.2 Å². The predicted molar refractivity (Wildman–Crippen MR) is 133 cm³/mol. The van der Waals surface area contributed by atoms with Gasteiger partial charge in [-0.1, -0.05) is 74.1 Å². The predicted octanol–water partition coefficient (Wildman–Crippen LogP) is 6.15. The van der Waals surface area contributed by atoms with E-state index in [0.29, 0.717) is 12.5 Å². The minimum absolute atomic E-state index is 0.0294. The number of benzene rings is 2. The van der Waals surface area contributed by atoms with Crippen molar-refractivity contribution in [3.8, 4) is 5.69 Å². The van der Waals surface area contributed by atoms with E-state index in [4.69, 9.17) is 9.72 Å². The van der Waals surface area contributed by atoms with Crippen LogP contribution in [0.25, 0.3) is 15.9 Å². The third kappa shape index (κ3) is 3.91. The first-order valence-corrected chi connectivity index (χ1v) is 12.7. The minimum atomic E-state index is 0.0294. The second kappa shape index (κ2) is 8.85. The van der Waals surface area contributed by atoms with Crippen LogP contribution in [0.15, 0.2) is 64.5 Å². The highest BCUT2D eigenvalue weighted by atomic mass is 32.2. The molecule has 1 aliphatic rings. The number of thiophene rings is 1. The summed E-state index contributed by atoms with van der Waals surface area (Å²) in [5.41, 5.74) is 4.33. The summed E-state index contributed by atoms with van der Waals surface area (Å²) in [5.74, 6) is 1.17. The van der Waals surface area contributed by atoms with Gasteiger partial charge in [0.15, 0.2) is 5.16 Å². The van der Waals surface area contributed by atoms with Crippen LogP contribution in [0.2, 0.25) is 0 Å². The number of fused-ring (bicyclic) bond motifs is 3. The molecule has 6 heteroatoms. The Morgan fingerprint density at radius 2 is 1.91 bits per heavy atom. The van der Waals surface area contributed by atoms with Gasteiger partial charge in [-0.25, -0.2) is 4.98 Å². The number of aromatic nitrogens is 2. The largest absolute Gasteiger partial charge is 0.372 e. The zero-order valence-corrected chi connectivity index (χ0v) is 20.1. The highest BCUT2D eigenvalue weighted by Crippen LogP contribution is 2.36. The van der Waals surface area contributed by atoms with E-state index < -0.39 is 0 Å². The molecule has 164 valence electrons. The zero-order chi connectivity index (χ0) is 22.2. The molecule has 0 aliphatic carbocycles. The Morgan fingerprint density at radius 1 is 1.16 bits per heavy atom. The average molecular weight is 463 g/mol. The molecular formula is C26H26N2O2S2. The maximum absolute atomic E-state index is 14.0. The molecule has 2 aromatic heterocycles. The third-order valence-electron chi connectivity index (χ3n) is 6.02. The Bertz CT molecular complexity index is 1330. The normalized spacial score (nSPS) is 15.9. The van der Waals surface area contributed by atoms with Gasteiger partial charge >= 0.3 is 0 Å². The van der Waals surface area contributed by atoms with Crippen LogP contribution in [0.5, 0.6) is 0 Å². The van der Waals surface area contributed by atoms with Crippen LogP contribution in [0.4, 0.5) is 0 Å². The zero-order valence-electron chi connectivity index (χ0n) is 18.5. The molecule has 1 atom stereocenters. The first-order valence-electron chi connectivity index (χ1n) is 10.9. The van der Waals surface area contributed by atoms with Gasteiger partial charge in [0.1, 0.15) is 4.83 Å². The molecule has 0 amide bonds. The lowest BCUT2D eigenvalue weighted by Crippen LogP contribution is -2.28. The summed E-state index contributed by atoms with van der Waals surface area (Å²) in [4.78, 5) is 21.0. The van der Waals surface area contributed by atoms with E-state index in [2.05, 4.69) is 26.0 Å². The summed E-state index contributed by atoms with van der Waals surface area (Å²) in [7, 11) is 0. The third-order valence-corrected chi connectivity index (χ3v) is 8.13. The van der Waals surface area contributed by atoms with Crippen LogP contribution in [0.3, 0.4) is 0 Å². The van der Waals surface area contributed by atoms with Gasteiger partial charge in [-0.05, 0) is 35.6 Å². The lowest BCUT2D eigenvalue weighted by Gasteiger charge is -2.26. The number of nitrogens with zero attached hydrogens (tertiary/aromatic N) is 2. The molecule has 3 heterocycles. The Morgan fingerprint density at radius 3 is 2.66 bits per heavy atom. The van der Waals surface area contributed by atoms with Crippen LogP contribution in [-0.4, -0.2) is 15.7 Å². The molecule has 32 heavy (non-hydrogen) atoms. The molecule has 0 unspecified atom stereocenters. The summed E-state index contributed by atoms with van der Waals surface area (Å²) in [6.07, 6.45) is 0.910. The summed E-state index contributed by atoms with van der Waals surface area (Å²) >= 11 is 3.22. The van der Waals surface area contributed by atoms with Crippen molar-refractivity contribution in [2.45, 2.75) is 50.8 Å². The van der Waals surface area contributed by atoms with Crippen molar-refractivity contribution in [2.24, 2.45) is 5.92 Å². The van der Waals surface area contributed by atoms with Gasteiger partial charge in [-0.2, -0.15) is 0 Å². The number of hydrogen-bond donors (Lipinski definition) is 0. The van der Waals surface area contributed by atoms with E-state index in [1.807, 2.05) is 54.0 Å². The van der Waals surface area contributed by atoms with Gasteiger partial charge in [0, 0.05) is 17.1 Å². The van der Waals surface area contributed by atoms with Crippen molar-refractivity contribution in [3.05, 3.63) is 86.5 Å². The SMILES string of the molecule is Cc1ccccc1-n1c(SCc2ccccc2)nc2sc3c(c2c1=O)C[C@@H](C(C)C)OC3. The van der Waals surface area contributed by atoms with E-state index in [1.165, 1.54) is 5.56 Å². The van der Waals surface area contributed by atoms with Crippen molar-refractivity contribution >= 4 is 33.3 Å². The van der Waals surface area contributed by atoms with Crippen LogP contribution < -0.4 is 5.56 Å². The molecule has 0 saturated heterocycles. The van der Waals surface area contributed by atoms with Crippen molar-refractivity contribution in [2.75, 3.05) is 0 Å². The van der Waals surface area contributed by atoms with Crippen molar-refractivity contribution < 1.29 is 4.74 Å². The van der Waals surface area contributed by atoms with E-state index in [9.17, 15) is 4.79 Å². The summed E-state index contributed by atoms with van der Waals surface area (Å²) < 4.78 is 7.89. The fraction of sp³-hybridized carbons (Fsp3) is 0.308. The molecule has 0 radical (unpaired) electrons. The highest BCUT2D eigenvalue weighted by Gasteiger charge is 2.29. The topological polar surface area (TPSA) is 44.1 Å². The Hall–Kier alpha value is -2.41. The number of aryl methyl sites for hydroxylation is 1. The maximum Gasteiger partial charge on any atom is 0.267 e. The van der Waals surface area contributed by atoms with Gasteiger partial charge < -0.3 is 4.74 Å². The Labute approximate surface area is 196 Å². The second-order valence-corrected chi connectivity index (χ2v) is 10.6. The van der Waals surface area contributed by atoms with Crippen molar-refractivity contribution in [1.82, 2.24) is 9.55 Å². The molecule has 0 N–H and O–H groups in total. The van der Waals surface area contributed by atoms with Crippen LogP contribution in [-0.2, 0) is 23.5 Å². The van der Waals surface area contributed by atoms with Gasteiger partial charge in [-0.15, -0.1) is 11.3 Å². The summed E-state index contributed by atoms with van der Waals surface area (Å²) in [6.45, 7) is 6.96. The molecule has 1 aliphatic heterocycles. The molecular weight excluding hydrogens is 436 g/mol. The number of ether oxygens (including phenoxy) is 1. The molecule has 4 nitrogen and oxygen atoms in total. The summed E-state index contributed by atoms with van der Waals surface area (Å²) in [5, 5.41) is 1.51. The Kier molecular flexibility index (Phi) is 5.93. The van der Waals surface area contributed by atoms with E-state index in [-0.39, 0.29) is 11.7 Å². The number of hydrogen-bond acceptors (Lipinski definition) is 5. The van der Waals surface area contributed by atoms with Crippen LogP contribution in [0, 0.1) is 12.8 Å². The fourth-order valence-corrected chi connectivity index (χ4v) is 6.31. The van der Waals surface area contributed by atoms with Crippen molar-refractivity contribution in [1.29, 1.82) is 0 Å². The van der Waals surface area contributed by atoms with E-state index >= 15 is 0 Å². The molecule has 0 fully saturated rings. The monoisotopic (exact) mass is 462 g/mol. The van der Waals surface area contributed by atoms with E-state index in [1.54, 1.807) is 23.1 Å². The molecule has 0 saturated carbocycles. The van der Waals surface area contributed by atoms with Gasteiger partial charge in [0.25, 0.3) is 5.56 Å². The average Bonchev–Trinajstić information content (AvgIpc) is 3.17. The first-order chi connectivity index (χ1) is 15.5. The number of thioether (sulfide) groups is 1.